The highest BCUT2D eigenvalue weighted by molar-refractivity contribution is 5.23. The van der Waals surface area contributed by atoms with Crippen molar-refractivity contribution >= 4 is 0 Å². The average Bonchev–Trinajstić information content (AvgIpc) is 3.06. The first-order valence-corrected chi connectivity index (χ1v) is 16.8. The van der Waals surface area contributed by atoms with E-state index in [1.165, 1.54) is 36.8 Å². The molecule has 4 atom stereocenters. The number of piperidine rings is 1. The smallest absolute Gasteiger partial charge is 0.0828 e. The van der Waals surface area contributed by atoms with Gasteiger partial charge in [0.1, 0.15) is 0 Å². The Labute approximate surface area is 263 Å². The van der Waals surface area contributed by atoms with E-state index >= 15 is 0 Å². The van der Waals surface area contributed by atoms with Crippen LogP contribution in [-0.2, 0) is 11.2 Å². The molecule has 2 saturated heterocycles. The van der Waals surface area contributed by atoms with Crippen LogP contribution in [0.25, 0.3) is 0 Å². The van der Waals surface area contributed by atoms with Gasteiger partial charge in [0.2, 0.25) is 0 Å². The monoisotopic (exact) mass is 589 g/mol. The van der Waals surface area contributed by atoms with Crippen molar-refractivity contribution in [3.8, 4) is 6.07 Å². The van der Waals surface area contributed by atoms with Gasteiger partial charge >= 0.3 is 0 Å². The number of aryl methyl sites for hydroxylation is 1. The van der Waals surface area contributed by atoms with Gasteiger partial charge in [-0.3, -0.25) is 4.90 Å². The van der Waals surface area contributed by atoms with Crippen molar-refractivity contribution in [2.75, 3.05) is 26.2 Å². The van der Waals surface area contributed by atoms with Gasteiger partial charge in [0, 0.05) is 12.6 Å². The Morgan fingerprint density at radius 3 is 2.26 bits per heavy atom. The molecule has 238 valence electrons. The van der Waals surface area contributed by atoms with E-state index in [1.807, 2.05) is 30.3 Å². The summed E-state index contributed by atoms with van der Waals surface area (Å²) in [6.07, 6.45) is 12.3. The Morgan fingerprint density at radius 2 is 1.65 bits per heavy atom. The third-order valence-electron chi connectivity index (χ3n) is 8.65. The summed E-state index contributed by atoms with van der Waals surface area (Å²) >= 11 is 0. The molecule has 4 unspecified atom stereocenters. The van der Waals surface area contributed by atoms with Gasteiger partial charge in [-0.05, 0) is 89.1 Å². The van der Waals surface area contributed by atoms with Gasteiger partial charge in [-0.1, -0.05) is 93.3 Å². The zero-order valence-corrected chi connectivity index (χ0v) is 27.4. The maximum Gasteiger partial charge on any atom is 0.0828 e. The number of nitrogens with zero attached hydrogens (tertiary/aromatic N) is 2. The van der Waals surface area contributed by atoms with Crippen LogP contribution in [0.4, 0.5) is 0 Å². The van der Waals surface area contributed by atoms with Crippen LogP contribution in [0.3, 0.4) is 0 Å². The van der Waals surface area contributed by atoms with E-state index in [0.29, 0.717) is 25.1 Å². The summed E-state index contributed by atoms with van der Waals surface area (Å²) in [5, 5.41) is 24.4. The number of rotatable bonds is 13. The van der Waals surface area contributed by atoms with Crippen LogP contribution in [0, 0.1) is 24.2 Å². The molecule has 2 aliphatic rings. The summed E-state index contributed by atoms with van der Waals surface area (Å²) in [4.78, 5) is 2.46. The average molecular weight is 590 g/mol. The largest absolute Gasteiger partial charge is 0.390 e. The van der Waals surface area contributed by atoms with E-state index in [9.17, 15) is 10.4 Å². The van der Waals surface area contributed by atoms with Gasteiger partial charge in [-0.2, -0.15) is 5.26 Å². The van der Waals surface area contributed by atoms with Crippen molar-refractivity contribution in [2.45, 2.75) is 116 Å². The van der Waals surface area contributed by atoms with Gasteiger partial charge in [0.25, 0.3) is 0 Å². The number of unbranched alkanes of at least 4 members (excludes halogenated alkanes) is 2. The lowest BCUT2D eigenvalue weighted by molar-refractivity contribution is -0.0571. The van der Waals surface area contributed by atoms with Gasteiger partial charge in [0.05, 0.1) is 30.3 Å². The first kappa shape index (κ1) is 36.7. The second kappa shape index (κ2) is 22.1. The maximum absolute atomic E-state index is 11.1. The molecule has 4 rings (SSSR count). The molecule has 2 N–H and O–H groups in total. The fourth-order valence-corrected chi connectivity index (χ4v) is 6.11. The van der Waals surface area contributed by atoms with E-state index in [2.05, 4.69) is 74.5 Å². The van der Waals surface area contributed by atoms with Gasteiger partial charge in [0.15, 0.2) is 0 Å². The number of ether oxygens (including phenoxy) is 1. The molecule has 5 heteroatoms. The lowest BCUT2D eigenvalue weighted by Gasteiger charge is -2.37. The Morgan fingerprint density at radius 1 is 0.977 bits per heavy atom. The summed E-state index contributed by atoms with van der Waals surface area (Å²) in [6, 6.07) is 21.7. The highest BCUT2D eigenvalue weighted by atomic mass is 16.5. The minimum atomic E-state index is -0.651. The molecule has 2 aromatic carbocycles. The molecule has 2 fully saturated rings. The predicted octanol–water partition coefficient (Wildman–Crippen LogP) is 8.18. The maximum atomic E-state index is 11.1. The number of aliphatic hydroxyl groups is 1. The van der Waals surface area contributed by atoms with Gasteiger partial charge < -0.3 is 15.2 Å². The van der Waals surface area contributed by atoms with Crippen LogP contribution in [0.5, 0.6) is 0 Å². The number of benzene rings is 2. The van der Waals surface area contributed by atoms with E-state index in [4.69, 9.17) is 4.74 Å². The predicted molar refractivity (Wildman–Crippen MR) is 181 cm³/mol. The molecule has 2 aliphatic heterocycles. The molecule has 2 aromatic rings. The normalized spacial score (nSPS) is 20.1. The molecule has 0 aromatic heterocycles. The van der Waals surface area contributed by atoms with Crippen molar-refractivity contribution < 1.29 is 9.84 Å². The molecule has 0 radical (unpaired) electrons. The molecule has 0 spiro atoms. The number of aliphatic hydroxyl groups excluding tert-OH is 1. The fourth-order valence-electron chi connectivity index (χ4n) is 6.11. The first-order valence-electron chi connectivity index (χ1n) is 16.8. The third-order valence-corrected chi connectivity index (χ3v) is 8.65. The number of hydrogen-bond donors (Lipinski definition) is 2. The van der Waals surface area contributed by atoms with Crippen molar-refractivity contribution in [1.29, 1.82) is 5.26 Å². The number of nitrogens with one attached hydrogen (secondary N) is 1. The highest BCUT2D eigenvalue weighted by Crippen LogP contribution is 2.33. The van der Waals surface area contributed by atoms with Crippen LogP contribution in [0.2, 0.25) is 0 Å². The van der Waals surface area contributed by atoms with Crippen molar-refractivity contribution in [1.82, 2.24) is 10.2 Å². The molecule has 43 heavy (non-hydrogen) atoms. The summed E-state index contributed by atoms with van der Waals surface area (Å²) in [7, 11) is 0. The number of hydrogen-bond acceptors (Lipinski definition) is 5. The van der Waals surface area contributed by atoms with Crippen LogP contribution in [0.1, 0.15) is 101 Å². The second-order valence-corrected chi connectivity index (χ2v) is 12.1. The molecule has 0 amide bonds. The molecule has 0 saturated carbocycles. The summed E-state index contributed by atoms with van der Waals surface area (Å²) in [5.74, 6) is -0.395. The molecule has 5 nitrogen and oxygen atoms in total. The molecule has 2 heterocycles. The summed E-state index contributed by atoms with van der Waals surface area (Å²) in [6.45, 7) is 16.1. The van der Waals surface area contributed by atoms with Crippen molar-refractivity contribution in [3.05, 3.63) is 84.4 Å². The van der Waals surface area contributed by atoms with Crippen molar-refractivity contribution in [3.63, 3.8) is 0 Å². The zero-order chi connectivity index (χ0) is 31.3. The molecular weight excluding hydrogens is 530 g/mol. The van der Waals surface area contributed by atoms with Crippen molar-refractivity contribution in [2.24, 2.45) is 5.92 Å². The topological polar surface area (TPSA) is 68.5 Å². The van der Waals surface area contributed by atoms with Gasteiger partial charge in [-0.25, -0.2) is 0 Å². The van der Waals surface area contributed by atoms with Gasteiger partial charge in [-0.15, -0.1) is 13.2 Å². The second-order valence-electron chi connectivity index (χ2n) is 12.1. The van der Waals surface area contributed by atoms with E-state index in [0.717, 1.165) is 63.7 Å². The van der Waals surface area contributed by atoms with E-state index < -0.39 is 12.0 Å². The fraction of sp³-hybridized carbons (Fsp3) is 0.605. The lowest BCUT2D eigenvalue weighted by atomic mass is 9.93. The lowest BCUT2D eigenvalue weighted by Crippen LogP contribution is -2.47. The summed E-state index contributed by atoms with van der Waals surface area (Å²) < 4.78 is 6.52. The minimum Gasteiger partial charge on any atom is -0.390 e. The molecule has 0 aliphatic carbocycles. The Kier molecular flexibility index (Phi) is 18.8. The van der Waals surface area contributed by atoms with Crippen LogP contribution in [0.15, 0.2) is 67.8 Å². The van der Waals surface area contributed by atoms with Crippen LogP contribution in [-0.4, -0.2) is 54.4 Å². The van der Waals surface area contributed by atoms with E-state index in [-0.39, 0.29) is 6.10 Å². The Hall–Kier alpha value is -2.49. The first-order chi connectivity index (χ1) is 21.0. The third kappa shape index (κ3) is 13.8. The standard InChI is InChI=1S/C31H43N3O2.C5H12.C2H4/c1-24-12-14-26(15-13-24)31-11-5-9-29(36-31)10-6-20-34(28-16-18-33-19-17-28)23-30(35)27(22-32)21-25-7-3-2-4-8-25;1-3-5-4-2;1-2/h2-4,7-8,12-15,27-31,33,35H,5-6,9-11,16-21,23H2,1H3;3-5H2,1-2H3;1-2H2. The zero-order valence-electron chi connectivity index (χ0n) is 27.4. The Balaban J connectivity index is 0.000000836. The van der Waals surface area contributed by atoms with Crippen LogP contribution >= 0.6 is 0 Å². The van der Waals surface area contributed by atoms with E-state index in [1.54, 1.807) is 0 Å². The Bertz CT molecular complexity index is 998. The quantitative estimate of drug-likeness (QED) is 0.231. The molecular formula is C38H59N3O2. The summed E-state index contributed by atoms with van der Waals surface area (Å²) in [5.41, 5.74) is 3.69. The highest BCUT2D eigenvalue weighted by Gasteiger charge is 2.28. The number of nitriles is 1. The minimum absolute atomic E-state index is 0.209. The SMILES string of the molecule is C=C.CCCCC.Cc1ccc(C2CCCC(CCCN(CC(O)C(C#N)Cc3ccccc3)C3CCNCC3)O2)cc1. The van der Waals surface area contributed by atoms with Crippen LogP contribution < -0.4 is 5.32 Å². The molecule has 0 bridgehead atoms.